The van der Waals surface area contributed by atoms with E-state index in [2.05, 4.69) is 27.3 Å². The first kappa shape index (κ1) is 12.0. The molecule has 0 bridgehead atoms. The number of likely N-dealkylation sites (N-methyl/N-ethyl adjacent to an activating group) is 1. The summed E-state index contributed by atoms with van der Waals surface area (Å²) in [7, 11) is 1.87. The van der Waals surface area contributed by atoms with Crippen molar-refractivity contribution in [3.63, 3.8) is 0 Å². The van der Waals surface area contributed by atoms with Crippen molar-refractivity contribution in [3.8, 4) is 11.8 Å². The van der Waals surface area contributed by atoms with Crippen molar-refractivity contribution < 1.29 is 4.74 Å². The summed E-state index contributed by atoms with van der Waals surface area (Å²) in [5.74, 6) is 0.628. The minimum atomic E-state index is 0.0447. The molecule has 15 heavy (non-hydrogen) atoms. The zero-order valence-electron chi connectivity index (χ0n) is 8.75. The Hall–Kier alpha value is -1.05. The smallest absolute Gasteiger partial charge is 0.137 e. The minimum absolute atomic E-state index is 0.0447. The van der Waals surface area contributed by atoms with E-state index in [1.807, 2.05) is 20.0 Å². The maximum absolute atomic E-state index is 8.92. The van der Waals surface area contributed by atoms with Gasteiger partial charge in [-0.2, -0.15) is 5.26 Å². The molecule has 1 aromatic rings. The number of nitrogens with one attached hydrogen (secondary N) is 1. The van der Waals surface area contributed by atoms with E-state index >= 15 is 0 Å². The largest absolute Gasteiger partial charge is 0.488 e. The lowest BCUT2D eigenvalue weighted by Crippen LogP contribution is -2.26. The lowest BCUT2D eigenvalue weighted by Gasteiger charge is -2.15. The molecule has 1 aromatic carbocycles. The number of halogens is 1. The molecule has 0 spiro atoms. The van der Waals surface area contributed by atoms with Gasteiger partial charge in [0.15, 0.2) is 0 Å². The summed E-state index contributed by atoms with van der Waals surface area (Å²) >= 11 is 3.32. The number of nitrogens with zero attached hydrogens (tertiary/aromatic N) is 1. The van der Waals surface area contributed by atoms with Crippen LogP contribution in [0.5, 0.6) is 5.75 Å². The summed E-state index contributed by atoms with van der Waals surface area (Å²) in [6.07, 6.45) is 0.0447. The minimum Gasteiger partial charge on any atom is -0.488 e. The van der Waals surface area contributed by atoms with Gasteiger partial charge >= 0.3 is 0 Å². The third-order valence-electron chi connectivity index (χ3n) is 1.88. The molecule has 3 nitrogen and oxygen atoms in total. The molecule has 80 valence electrons. The second-order valence-corrected chi connectivity index (χ2v) is 4.15. The average molecular weight is 269 g/mol. The predicted molar refractivity (Wildman–Crippen MR) is 62.9 cm³/mol. The Balaban J connectivity index is 2.81. The summed E-state index contributed by atoms with van der Waals surface area (Å²) in [5.41, 5.74) is 0.548. The van der Waals surface area contributed by atoms with Gasteiger partial charge in [0, 0.05) is 11.0 Å². The van der Waals surface area contributed by atoms with Crippen LogP contribution in [0.1, 0.15) is 12.5 Å². The average Bonchev–Trinajstić information content (AvgIpc) is 2.21. The second kappa shape index (κ2) is 5.74. The molecule has 0 aromatic heterocycles. The third-order valence-corrected chi connectivity index (χ3v) is 2.38. The van der Waals surface area contributed by atoms with E-state index in [0.717, 1.165) is 11.0 Å². The topological polar surface area (TPSA) is 45.0 Å². The van der Waals surface area contributed by atoms with Crippen LogP contribution in [-0.4, -0.2) is 19.7 Å². The van der Waals surface area contributed by atoms with Crippen LogP contribution in [0.2, 0.25) is 0 Å². The Morgan fingerprint density at radius 3 is 2.93 bits per heavy atom. The lowest BCUT2D eigenvalue weighted by molar-refractivity contribution is 0.220. The molecular formula is C11H13BrN2O. The first-order chi connectivity index (χ1) is 7.17. The molecule has 1 atom stereocenters. The first-order valence-electron chi connectivity index (χ1n) is 4.68. The van der Waals surface area contributed by atoms with Gasteiger partial charge in [-0.3, -0.25) is 0 Å². The van der Waals surface area contributed by atoms with E-state index in [0.29, 0.717) is 11.3 Å². The standard InChI is InChI=1S/C11H13BrN2O/c1-8(7-14-2)15-11-4-3-10(12)5-9(11)6-13/h3-5,8,14H,7H2,1-2H3. The van der Waals surface area contributed by atoms with Crippen molar-refractivity contribution in [2.75, 3.05) is 13.6 Å². The Bertz CT molecular complexity index is 373. The number of ether oxygens (including phenoxy) is 1. The maximum Gasteiger partial charge on any atom is 0.137 e. The van der Waals surface area contributed by atoms with Crippen molar-refractivity contribution >= 4 is 15.9 Å². The monoisotopic (exact) mass is 268 g/mol. The van der Waals surface area contributed by atoms with Crippen LogP contribution in [0.15, 0.2) is 22.7 Å². The van der Waals surface area contributed by atoms with E-state index in [1.54, 1.807) is 12.1 Å². The number of benzene rings is 1. The van der Waals surface area contributed by atoms with Gasteiger partial charge in [0.25, 0.3) is 0 Å². The van der Waals surface area contributed by atoms with E-state index in [-0.39, 0.29) is 6.10 Å². The van der Waals surface area contributed by atoms with Crippen LogP contribution in [0.25, 0.3) is 0 Å². The molecule has 0 saturated carbocycles. The van der Waals surface area contributed by atoms with Gasteiger partial charge in [-0.05, 0) is 32.2 Å². The van der Waals surface area contributed by atoms with Crippen LogP contribution >= 0.6 is 15.9 Å². The molecule has 0 fully saturated rings. The van der Waals surface area contributed by atoms with E-state index in [9.17, 15) is 0 Å². The van der Waals surface area contributed by atoms with E-state index in [4.69, 9.17) is 10.00 Å². The highest BCUT2D eigenvalue weighted by molar-refractivity contribution is 9.10. The Morgan fingerprint density at radius 1 is 1.60 bits per heavy atom. The number of nitriles is 1. The molecule has 0 heterocycles. The third kappa shape index (κ3) is 3.54. The molecule has 4 heteroatoms. The molecule has 0 aliphatic rings. The zero-order valence-corrected chi connectivity index (χ0v) is 10.3. The molecule has 1 unspecified atom stereocenters. The van der Waals surface area contributed by atoms with E-state index < -0.39 is 0 Å². The van der Waals surface area contributed by atoms with Gasteiger partial charge in [0.2, 0.25) is 0 Å². The van der Waals surface area contributed by atoms with Crippen molar-refractivity contribution in [2.45, 2.75) is 13.0 Å². The van der Waals surface area contributed by atoms with Crippen molar-refractivity contribution in [3.05, 3.63) is 28.2 Å². The highest BCUT2D eigenvalue weighted by atomic mass is 79.9. The second-order valence-electron chi connectivity index (χ2n) is 3.24. The van der Waals surface area contributed by atoms with Gasteiger partial charge in [-0.15, -0.1) is 0 Å². The fraction of sp³-hybridized carbons (Fsp3) is 0.364. The van der Waals surface area contributed by atoms with Crippen molar-refractivity contribution in [1.29, 1.82) is 5.26 Å². The molecule has 1 N–H and O–H groups in total. The van der Waals surface area contributed by atoms with Crippen LogP contribution in [0.4, 0.5) is 0 Å². The van der Waals surface area contributed by atoms with Gasteiger partial charge in [-0.25, -0.2) is 0 Å². The highest BCUT2D eigenvalue weighted by Crippen LogP contribution is 2.23. The Kier molecular flexibility index (Phi) is 4.60. The van der Waals surface area contributed by atoms with Gasteiger partial charge in [-0.1, -0.05) is 15.9 Å². The van der Waals surface area contributed by atoms with Crippen molar-refractivity contribution in [1.82, 2.24) is 5.32 Å². The van der Waals surface area contributed by atoms with E-state index in [1.165, 1.54) is 0 Å². The number of rotatable bonds is 4. The first-order valence-corrected chi connectivity index (χ1v) is 5.47. The summed E-state index contributed by atoms with van der Waals surface area (Å²) in [6, 6.07) is 7.52. The lowest BCUT2D eigenvalue weighted by atomic mass is 10.2. The van der Waals surface area contributed by atoms with Gasteiger partial charge < -0.3 is 10.1 Å². The van der Waals surface area contributed by atoms with Gasteiger partial charge in [0.1, 0.15) is 17.9 Å². The summed E-state index contributed by atoms with van der Waals surface area (Å²) < 4.78 is 6.51. The predicted octanol–water partition coefficient (Wildman–Crippen LogP) is 2.31. The molecule has 0 aliphatic carbocycles. The maximum atomic E-state index is 8.92. The van der Waals surface area contributed by atoms with Crippen LogP contribution in [0.3, 0.4) is 0 Å². The van der Waals surface area contributed by atoms with Gasteiger partial charge in [0.05, 0.1) is 5.56 Å². The zero-order chi connectivity index (χ0) is 11.3. The molecule has 0 amide bonds. The summed E-state index contributed by atoms with van der Waals surface area (Å²) in [6.45, 7) is 2.71. The SMILES string of the molecule is CNCC(C)Oc1ccc(Br)cc1C#N. The fourth-order valence-corrected chi connectivity index (χ4v) is 1.60. The van der Waals surface area contributed by atoms with Crippen LogP contribution in [-0.2, 0) is 0 Å². The van der Waals surface area contributed by atoms with Crippen LogP contribution < -0.4 is 10.1 Å². The quantitative estimate of drug-likeness (QED) is 0.912. The highest BCUT2D eigenvalue weighted by Gasteiger charge is 2.07. The molecule has 0 saturated heterocycles. The number of hydrogen-bond acceptors (Lipinski definition) is 3. The van der Waals surface area contributed by atoms with Crippen molar-refractivity contribution in [2.24, 2.45) is 0 Å². The fourth-order valence-electron chi connectivity index (χ4n) is 1.24. The summed E-state index contributed by atoms with van der Waals surface area (Å²) in [4.78, 5) is 0. The molecule has 0 aliphatic heterocycles. The summed E-state index contributed by atoms with van der Waals surface area (Å²) in [5, 5.41) is 11.9. The molecular weight excluding hydrogens is 256 g/mol. The molecule has 0 radical (unpaired) electrons. The Morgan fingerprint density at radius 2 is 2.33 bits per heavy atom. The number of hydrogen-bond donors (Lipinski definition) is 1. The molecule has 1 rings (SSSR count). The van der Waals surface area contributed by atoms with Crippen LogP contribution in [0, 0.1) is 11.3 Å². The Labute approximate surface area is 98.2 Å². The normalized spacial score (nSPS) is 11.9.